The molecule has 0 saturated carbocycles. The van der Waals surface area contributed by atoms with Gasteiger partial charge in [0.1, 0.15) is 0 Å². The van der Waals surface area contributed by atoms with Crippen molar-refractivity contribution in [2.45, 2.75) is 37.8 Å². The fourth-order valence-electron chi connectivity index (χ4n) is 1.52. The normalized spacial score (nSPS) is 12.9. The molecule has 1 aromatic rings. The lowest BCUT2D eigenvalue weighted by molar-refractivity contribution is 0.0658. The van der Waals surface area contributed by atoms with E-state index >= 15 is 0 Å². The minimum Gasteiger partial charge on any atom is -0.377 e. The van der Waals surface area contributed by atoms with Gasteiger partial charge in [-0.15, -0.1) is 11.8 Å². The van der Waals surface area contributed by atoms with E-state index in [1.165, 1.54) is 4.90 Å². The maximum atomic E-state index is 5.69. The van der Waals surface area contributed by atoms with E-state index in [1.807, 2.05) is 17.8 Å². The first-order valence-corrected chi connectivity index (χ1v) is 8.13. The molecule has 0 aliphatic carbocycles. The first kappa shape index (κ1) is 16.0. The van der Waals surface area contributed by atoms with Crippen LogP contribution in [-0.4, -0.2) is 31.1 Å². The highest BCUT2D eigenvalue weighted by Gasteiger charge is 2.10. The van der Waals surface area contributed by atoms with E-state index in [4.69, 9.17) is 4.74 Å². The van der Waals surface area contributed by atoms with Gasteiger partial charge in [0.05, 0.1) is 12.7 Å². The Labute approximate surface area is 123 Å². The molecule has 1 rings (SSSR count). The molecule has 1 atom stereocenters. The summed E-state index contributed by atoms with van der Waals surface area (Å²) < 4.78 is 6.85. The molecule has 0 aromatic heterocycles. The largest absolute Gasteiger partial charge is 0.377 e. The first-order valence-electron chi connectivity index (χ1n) is 6.35. The minimum atomic E-state index is 0.291. The third-order valence-electron chi connectivity index (χ3n) is 2.40. The third-order valence-corrected chi connectivity index (χ3v) is 4.59. The monoisotopic (exact) mass is 331 g/mol. The van der Waals surface area contributed by atoms with Gasteiger partial charge >= 0.3 is 0 Å². The average Bonchev–Trinajstić information content (AvgIpc) is 2.34. The van der Waals surface area contributed by atoms with Crippen LogP contribution in [0.5, 0.6) is 0 Å². The summed E-state index contributed by atoms with van der Waals surface area (Å²) in [5.41, 5.74) is 0. The Hall–Kier alpha value is -0.0300. The number of benzene rings is 1. The van der Waals surface area contributed by atoms with Crippen LogP contribution in [0.15, 0.2) is 33.6 Å². The van der Waals surface area contributed by atoms with Crippen LogP contribution in [0.25, 0.3) is 0 Å². The van der Waals surface area contributed by atoms with Crippen molar-refractivity contribution in [1.29, 1.82) is 0 Å². The van der Waals surface area contributed by atoms with Gasteiger partial charge in [-0.25, -0.2) is 0 Å². The van der Waals surface area contributed by atoms with Crippen LogP contribution < -0.4 is 5.32 Å². The smallest absolute Gasteiger partial charge is 0.0631 e. The summed E-state index contributed by atoms with van der Waals surface area (Å²) in [7, 11) is 0. The SMILES string of the molecule is CCNC(COC(C)C)CSc1ccccc1Br. The van der Waals surface area contributed by atoms with Gasteiger partial charge in [-0.1, -0.05) is 19.1 Å². The zero-order valence-electron chi connectivity index (χ0n) is 11.3. The van der Waals surface area contributed by atoms with Gasteiger partial charge in [-0.2, -0.15) is 0 Å². The number of thioether (sulfide) groups is 1. The number of hydrogen-bond donors (Lipinski definition) is 1. The van der Waals surface area contributed by atoms with Crippen molar-refractivity contribution < 1.29 is 4.74 Å². The predicted molar refractivity (Wildman–Crippen MR) is 83.4 cm³/mol. The molecule has 18 heavy (non-hydrogen) atoms. The summed E-state index contributed by atoms with van der Waals surface area (Å²) >= 11 is 5.43. The van der Waals surface area contributed by atoms with Gasteiger partial charge in [-0.05, 0) is 48.5 Å². The Bertz CT molecular complexity index is 346. The quantitative estimate of drug-likeness (QED) is 0.729. The second kappa shape index (κ2) is 8.97. The molecule has 2 nitrogen and oxygen atoms in total. The van der Waals surface area contributed by atoms with Crippen molar-refractivity contribution in [3.63, 3.8) is 0 Å². The standard InChI is InChI=1S/C14H22BrNOS/c1-4-16-12(9-17-11(2)3)10-18-14-8-6-5-7-13(14)15/h5-8,11-12,16H,4,9-10H2,1-3H3. The molecule has 1 N–H and O–H groups in total. The first-order chi connectivity index (χ1) is 8.63. The molecular weight excluding hydrogens is 310 g/mol. The molecule has 0 spiro atoms. The van der Waals surface area contributed by atoms with Gasteiger partial charge in [0.2, 0.25) is 0 Å². The third kappa shape index (κ3) is 6.23. The average molecular weight is 332 g/mol. The highest BCUT2D eigenvalue weighted by atomic mass is 79.9. The van der Waals surface area contributed by atoms with Crippen LogP contribution in [0.3, 0.4) is 0 Å². The van der Waals surface area contributed by atoms with E-state index in [9.17, 15) is 0 Å². The molecule has 0 aliphatic heterocycles. The van der Waals surface area contributed by atoms with Gasteiger partial charge in [0, 0.05) is 21.2 Å². The summed E-state index contributed by atoms with van der Waals surface area (Å²) in [6.07, 6.45) is 0.291. The van der Waals surface area contributed by atoms with Gasteiger partial charge in [0.25, 0.3) is 0 Å². The number of halogens is 1. The van der Waals surface area contributed by atoms with Gasteiger partial charge in [0.15, 0.2) is 0 Å². The van der Waals surface area contributed by atoms with Crippen molar-refractivity contribution in [3.8, 4) is 0 Å². The number of nitrogens with one attached hydrogen (secondary N) is 1. The Balaban J connectivity index is 2.44. The second-order valence-electron chi connectivity index (χ2n) is 4.38. The molecule has 0 radical (unpaired) electrons. The molecule has 0 amide bonds. The van der Waals surface area contributed by atoms with Gasteiger partial charge < -0.3 is 10.1 Å². The molecule has 0 heterocycles. The van der Waals surface area contributed by atoms with E-state index in [1.54, 1.807) is 0 Å². The zero-order valence-corrected chi connectivity index (χ0v) is 13.7. The number of likely N-dealkylation sites (N-methyl/N-ethyl adjacent to an activating group) is 1. The molecule has 0 aliphatic rings. The van der Waals surface area contributed by atoms with E-state index in [-0.39, 0.29) is 0 Å². The second-order valence-corrected chi connectivity index (χ2v) is 6.29. The fourth-order valence-corrected chi connectivity index (χ4v) is 3.12. The van der Waals surface area contributed by atoms with Crippen LogP contribution in [0.4, 0.5) is 0 Å². The summed E-state index contributed by atoms with van der Waals surface area (Å²) in [6.45, 7) is 8.02. The van der Waals surface area contributed by atoms with E-state index < -0.39 is 0 Å². The van der Waals surface area contributed by atoms with Crippen molar-refractivity contribution in [1.82, 2.24) is 5.32 Å². The molecule has 1 aromatic carbocycles. The molecule has 0 fully saturated rings. The highest BCUT2D eigenvalue weighted by molar-refractivity contribution is 9.10. The number of hydrogen-bond acceptors (Lipinski definition) is 3. The van der Waals surface area contributed by atoms with Crippen molar-refractivity contribution in [2.24, 2.45) is 0 Å². The molecular formula is C14H22BrNOS. The lowest BCUT2D eigenvalue weighted by Gasteiger charge is -2.19. The zero-order chi connectivity index (χ0) is 13.4. The number of rotatable bonds is 8. The topological polar surface area (TPSA) is 21.3 Å². The fraction of sp³-hybridized carbons (Fsp3) is 0.571. The summed E-state index contributed by atoms with van der Waals surface area (Å²) in [5, 5.41) is 3.47. The van der Waals surface area contributed by atoms with Gasteiger partial charge in [-0.3, -0.25) is 0 Å². The van der Waals surface area contributed by atoms with E-state index in [0.29, 0.717) is 12.1 Å². The summed E-state index contributed by atoms with van der Waals surface area (Å²) in [4.78, 5) is 1.28. The molecule has 0 saturated heterocycles. The van der Waals surface area contributed by atoms with E-state index in [2.05, 4.69) is 60.2 Å². The van der Waals surface area contributed by atoms with Crippen LogP contribution >= 0.6 is 27.7 Å². The van der Waals surface area contributed by atoms with E-state index in [0.717, 1.165) is 23.4 Å². The lowest BCUT2D eigenvalue weighted by atomic mass is 10.3. The van der Waals surface area contributed by atoms with Crippen LogP contribution in [0.1, 0.15) is 20.8 Å². The van der Waals surface area contributed by atoms with Crippen molar-refractivity contribution >= 4 is 27.7 Å². The summed E-state index contributed by atoms with van der Waals surface area (Å²) in [6, 6.07) is 8.73. The molecule has 4 heteroatoms. The number of ether oxygens (including phenoxy) is 1. The summed E-state index contributed by atoms with van der Waals surface area (Å²) in [5.74, 6) is 1.02. The molecule has 0 bridgehead atoms. The van der Waals surface area contributed by atoms with Crippen LogP contribution in [-0.2, 0) is 4.74 Å². The Morgan fingerprint density at radius 2 is 2.06 bits per heavy atom. The molecule has 1 unspecified atom stereocenters. The highest BCUT2D eigenvalue weighted by Crippen LogP contribution is 2.27. The Kier molecular flexibility index (Phi) is 7.98. The van der Waals surface area contributed by atoms with Crippen LogP contribution in [0.2, 0.25) is 0 Å². The Morgan fingerprint density at radius 1 is 1.33 bits per heavy atom. The minimum absolute atomic E-state index is 0.291. The predicted octanol–water partition coefficient (Wildman–Crippen LogP) is 3.94. The van der Waals surface area contributed by atoms with Crippen molar-refractivity contribution in [2.75, 3.05) is 18.9 Å². The Morgan fingerprint density at radius 3 is 2.67 bits per heavy atom. The lowest BCUT2D eigenvalue weighted by Crippen LogP contribution is -2.36. The maximum Gasteiger partial charge on any atom is 0.0631 e. The van der Waals surface area contributed by atoms with Crippen LogP contribution in [0, 0.1) is 0 Å². The van der Waals surface area contributed by atoms with Crippen molar-refractivity contribution in [3.05, 3.63) is 28.7 Å². The molecule has 102 valence electrons. The maximum absolute atomic E-state index is 5.69.